The van der Waals surface area contributed by atoms with E-state index in [0.717, 1.165) is 19.7 Å². The molecule has 1 heterocycles. The maximum Gasteiger partial charge on any atom is 0.0949 e. The molecule has 0 amide bonds. The zero-order chi connectivity index (χ0) is 14.0. The number of nitrogens with one attached hydrogen (secondary N) is 1. The Morgan fingerprint density at radius 2 is 1.80 bits per heavy atom. The molecule has 20 heavy (non-hydrogen) atoms. The first-order valence-corrected chi connectivity index (χ1v) is 8.31. The summed E-state index contributed by atoms with van der Waals surface area (Å²) < 4.78 is 5.78. The lowest BCUT2D eigenvalue weighted by molar-refractivity contribution is 0.0277. The van der Waals surface area contributed by atoms with Gasteiger partial charge in [0, 0.05) is 13.1 Å². The lowest BCUT2D eigenvalue weighted by atomic mass is 10.0. The van der Waals surface area contributed by atoms with Gasteiger partial charge in [-0.25, -0.2) is 0 Å². The summed E-state index contributed by atoms with van der Waals surface area (Å²) >= 11 is 0. The van der Waals surface area contributed by atoms with Crippen LogP contribution in [0.3, 0.4) is 0 Å². The van der Waals surface area contributed by atoms with Crippen LogP contribution < -0.4 is 5.32 Å². The van der Waals surface area contributed by atoms with E-state index in [1.54, 1.807) is 0 Å². The van der Waals surface area contributed by atoms with Crippen molar-refractivity contribution < 1.29 is 4.74 Å². The van der Waals surface area contributed by atoms with E-state index in [0.29, 0.717) is 0 Å². The predicted molar refractivity (Wildman–Crippen MR) is 85.1 cm³/mol. The lowest BCUT2D eigenvalue weighted by Crippen LogP contribution is -2.33. The monoisotopic (exact) mass is 275 g/mol. The maximum absolute atomic E-state index is 5.78. The molecule has 1 aromatic carbocycles. The average molecular weight is 275 g/mol. The number of hydrogen-bond acceptors (Lipinski definition) is 2. The number of hydrogen-bond donors (Lipinski definition) is 1. The van der Waals surface area contributed by atoms with Gasteiger partial charge in [-0.2, -0.15) is 0 Å². The first-order valence-electron chi connectivity index (χ1n) is 8.31. The van der Waals surface area contributed by atoms with Gasteiger partial charge < -0.3 is 10.1 Å². The van der Waals surface area contributed by atoms with Crippen molar-refractivity contribution in [2.45, 2.75) is 58.0 Å². The Labute approximate surface area is 123 Å². The zero-order valence-corrected chi connectivity index (χ0v) is 12.9. The number of aryl methyl sites for hydroxylation is 1. The molecule has 1 unspecified atom stereocenters. The van der Waals surface area contributed by atoms with E-state index >= 15 is 0 Å². The third-order valence-corrected chi connectivity index (χ3v) is 4.10. The van der Waals surface area contributed by atoms with Crippen molar-refractivity contribution >= 4 is 0 Å². The number of rotatable bonds is 8. The fraction of sp³-hybridized carbons (Fsp3) is 0.667. The van der Waals surface area contributed by atoms with Gasteiger partial charge in [0.25, 0.3) is 0 Å². The summed E-state index contributed by atoms with van der Waals surface area (Å²) in [6.45, 7) is 5.01. The van der Waals surface area contributed by atoms with Gasteiger partial charge in [0.05, 0.1) is 12.7 Å². The van der Waals surface area contributed by atoms with E-state index in [1.807, 2.05) is 0 Å². The van der Waals surface area contributed by atoms with Crippen LogP contribution in [0.25, 0.3) is 0 Å². The molecule has 1 aromatic rings. The molecule has 1 saturated heterocycles. The van der Waals surface area contributed by atoms with E-state index in [-0.39, 0.29) is 6.10 Å². The summed E-state index contributed by atoms with van der Waals surface area (Å²) in [5, 5.41) is 3.38. The molecule has 1 aliphatic rings. The Morgan fingerprint density at radius 3 is 2.50 bits per heavy atom. The fourth-order valence-electron chi connectivity index (χ4n) is 2.79. The SMILES string of the molecule is CCCCCCCCc1ccc(C2CNCCO2)cc1. The van der Waals surface area contributed by atoms with Gasteiger partial charge in [-0.3, -0.25) is 0 Å². The van der Waals surface area contributed by atoms with E-state index < -0.39 is 0 Å². The second kappa shape index (κ2) is 9.15. The van der Waals surface area contributed by atoms with Crippen molar-refractivity contribution in [3.8, 4) is 0 Å². The topological polar surface area (TPSA) is 21.3 Å². The Morgan fingerprint density at radius 1 is 1.05 bits per heavy atom. The highest BCUT2D eigenvalue weighted by molar-refractivity contribution is 5.24. The molecule has 0 spiro atoms. The molecule has 0 aliphatic carbocycles. The number of unbranched alkanes of at least 4 members (excludes halogenated alkanes) is 5. The molecule has 2 rings (SSSR count). The van der Waals surface area contributed by atoms with Gasteiger partial charge in [-0.15, -0.1) is 0 Å². The standard InChI is InChI=1S/C18H29NO/c1-2-3-4-5-6-7-8-16-9-11-17(12-10-16)18-15-19-13-14-20-18/h9-12,18-19H,2-8,13-15H2,1H3. The minimum absolute atomic E-state index is 0.242. The van der Waals surface area contributed by atoms with Crippen LogP contribution >= 0.6 is 0 Å². The quantitative estimate of drug-likeness (QED) is 0.716. The third-order valence-electron chi connectivity index (χ3n) is 4.10. The minimum Gasteiger partial charge on any atom is -0.371 e. The minimum atomic E-state index is 0.242. The molecule has 1 atom stereocenters. The molecular formula is C18H29NO. The van der Waals surface area contributed by atoms with Gasteiger partial charge in [-0.1, -0.05) is 63.3 Å². The molecular weight excluding hydrogens is 246 g/mol. The number of benzene rings is 1. The number of morpholine rings is 1. The van der Waals surface area contributed by atoms with Crippen LogP contribution in [0.5, 0.6) is 0 Å². The summed E-state index contributed by atoms with van der Waals surface area (Å²) in [5.41, 5.74) is 2.77. The second-order valence-corrected chi connectivity index (χ2v) is 5.82. The first-order chi connectivity index (χ1) is 9.90. The van der Waals surface area contributed by atoms with Crippen LogP contribution in [0, 0.1) is 0 Å². The van der Waals surface area contributed by atoms with Crippen molar-refractivity contribution in [2.75, 3.05) is 19.7 Å². The molecule has 0 aromatic heterocycles. The molecule has 1 N–H and O–H groups in total. The van der Waals surface area contributed by atoms with Crippen LogP contribution in [-0.4, -0.2) is 19.7 Å². The van der Waals surface area contributed by atoms with Crippen molar-refractivity contribution in [1.29, 1.82) is 0 Å². The summed E-state index contributed by atoms with van der Waals surface area (Å²) in [6.07, 6.45) is 9.68. The van der Waals surface area contributed by atoms with Crippen LogP contribution in [0.4, 0.5) is 0 Å². The van der Waals surface area contributed by atoms with E-state index in [1.165, 1.54) is 56.1 Å². The van der Waals surface area contributed by atoms with Crippen molar-refractivity contribution in [2.24, 2.45) is 0 Å². The smallest absolute Gasteiger partial charge is 0.0949 e. The molecule has 2 nitrogen and oxygen atoms in total. The predicted octanol–water partition coefficient (Wildman–Crippen LogP) is 4.25. The third kappa shape index (κ3) is 5.26. The normalized spacial score (nSPS) is 19.1. The van der Waals surface area contributed by atoms with Gasteiger partial charge >= 0.3 is 0 Å². The highest BCUT2D eigenvalue weighted by atomic mass is 16.5. The fourth-order valence-corrected chi connectivity index (χ4v) is 2.79. The Bertz CT molecular complexity index is 354. The Balaban J connectivity index is 1.68. The molecule has 0 bridgehead atoms. The van der Waals surface area contributed by atoms with Crippen LogP contribution in [-0.2, 0) is 11.2 Å². The van der Waals surface area contributed by atoms with Crippen molar-refractivity contribution in [3.05, 3.63) is 35.4 Å². The molecule has 1 fully saturated rings. The average Bonchev–Trinajstić information content (AvgIpc) is 2.52. The highest BCUT2D eigenvalue weighted by Gasteiger charge is 2.14. The van der Waals surface area contributed by atoms with E-state index in [4.69, 9.17) is 4.74 Å². The lowest BCUT2D eigenvalue weighted by Gasteiger charge is -2.24. The Hall–Kier alpha value is -0.860. The summed E-state index contributed by atoms with van der Waals surface area (Å²) in [6, 6.07) is 9.03. The van der Waals surface area contributed by atoms with Gasteiger partial charge in [0.2, 0.25) is 0 Å². The summed E-state index contributed by atoms with van der Waals surface area (Å²) in [7, 11) is 0. The van der Waals surface area contributed by atoms with Crippen LogP contribution in [0.15, 0.2) is 24.3 Å². The number of ether oxygens (including phenoxy) is 1. The van der Waals surface area contributed by atoms with Gasteiger partial charge in [-0.05, 0) is 24.0 Å². The van der Waals surface area contributed by atoms with Crippen molar-refractivity contribution in [3.63, 3.8) is 0 Å². The van der Waals surface area contributed by atoms with Crippen LogP contribution in [0.2, 0.25) is 0 Å². The Kier molecular flexibility index (Phi) is 7.10. The van der Waals surface area contributed by atoms with Crippen molar-refractivity contribution in [1.82, 2.24) is 5.32 Å². The molecule has 112 valence electrons. The first kappa shape index (κ1) is 15.5. The highest BCUT2D eigenvalue weighted by Crippen LogP contribution is 2.20. The van der Waals surface area contributed by atoms with Gasteiger partial charge in [0.1, 0.15) is 0 Å². The summed E-state index contributed by atoms with van der Waals surface area (Å²) in [4.78, 5) is 0. The largest absolute Gasteiger partial charge is 0.371 e. The molecule has 1 aliphatic heterocycles. The van der Waals surface area contributed by atoms with E-state index in [2.05, 4.69) is 36.5 Å². The van der Waals surface area contributed by atoms with Gasteiger partial charge in [0.15, 0.2) is 0 Å². The molecule has 2 heteroatoms. The van der Waals surface area contributed by atoms with E-state index in [9.17, 15) is 0 Å². The molecule has 0 radical (unpaired) electrons. The zero-order valence-electron chi connectivity index (χ0n) is 12.9. The summed E-state index contributed by atoms with van der Waals surface area (Å²) in [5.74, 6) is 0. The maximum atomic E-state index is 5.78. The second-order valence-electron chi connectivity index (χ2n) is 5.82. The molecule has 0 saturated carbocycles. The van der Waals surface area contributed by atoms with Crippen LogP contribution in [0.1, 0.15) is 62.7 Å².